The molecule has 0 saturated heterocycles. The third kappa shape index (κ3) is 1.25. The van der Waals surface area contributed by atoms with Crippen molar-refractivity contribution < 1.29 is 4.39 Å². The number of nitrogens with one attached hydrogen (secondary N) is 3. The van der Waals surface area contributed by atoms with Crippen LogP contribution in [0.25, 0.3) is 0 Å². The Morgan fingerprint density at radius 3 is 2.69 bits per heavy atom. The number of H-pyrrole nitrogens is 2. The van der Waals surface area contributed by atoms with Gasteiger partial charge in [0.05, 0.1) is 5.56 Å². The lowest BCUT2D eigenvalue weighted by atomic mass is 9.95. The maximum absolute atomic E-state index is 12.8. The van der Waals surface area contributed by atoms with Crippen molar-refractivity contribution in [2.24, 2.45) is 0 Å². The highest BCUT2D eigenvalue weighted by Gasteiger charge is 2.28. The molecule has 0 aliphatic carbocycles. The van der Waals surface area contributed by atoms with Gasteiger partial charge >= 0.3 is 0 Å². The average Bonchev–Trinajstić information content (AvgIpc) is 2.84. The molecule has 0 fully saturated rings. The van der Waals surface area contributed by atoms with Crippen LogP contribution < -0.4 is 10.9 Å². The van der Waals surface area contributed by atoms with E-state index in [0.29, 0.717) is 12.1 Å². The Morgan fingerprint density at radius 1 is 1.19 bits per heavy atom. The predicted molar refractivity (Wildman–Crippen MR) is 58.1 cm³/mol. The lowest BCUT2D eigenvalue weighted by molar-refractivity contribution is 0.626. The number of hydrogen-bond donors (Lipinski definition) is 3. The van der Waals surface area contributed by atoms with Gasteiger partial charge in [-0.2, -0.15) is 0 Å². The number of anilines is 1. The second-order valence-electron chi connectivity index (χ2n) is 3.85. The number of aromatic nitrogens is 2. The second-order valence-corrected chi connectivity index (χ2v) is 3.85. The lowest BCUT2D eigenvalue weighted by Gasteiger charge is -2.08. The van der Waals surface area contributed by atoms with Gasteiger partial charge in [0.15, 0.2) is 0 Å². The minimum Gasteiger partial charge on any atom is -0.369 e. The van der Waals surface area contributed by atoms with Crippen molar-refractivity contribution in [2.75, 3.05) is 11.9 Å². The van der Waals surface area contributed by atoms with Crippen LogP contribution in [0.5, 0.6) is 0 Å². The van der Waals surface area contributed by atoms with Crippen molar-refractivity contribution >= 4 is 5.82 Å². The molecule has 3 N–H and O–H groups in total. The van der Waals surface area contributed by atoms with E-state index < -0.39 is 0 Å². The van der Waals surface area contributed by atoms with Crippen LogP contribution in [0.1, 0.15) is 17.0 Å². The van der Waals surface area contributed by atoms with E-state index >= 15 is 0 Å². The Hall–Kier alpha value is -2.04. The molecular weight excluding hydrogens is 209 g/mol. The standard InChI is InChI=1S/C11H10FN3O/c12-7-3-1-6(2-4-7)8-5-13-10-9(8)11(16)15-14-10/h1-4,8H,5H2,(H3,13,14,15,16). The summed E-state index contributed by atoms with van der Waals surface area (Å²) in [6.45, 7) is 0.663. The summed E-state index contributed by atoms with van der Waals surface area (Å²) in [6, 6.07) is 6.24. The summed E-state index contributed by atoms with van der Waals surface area (Å²) < 4.78 is 12.8. The fourth-order valence-corrected chi connectivity index (χ4v) is 2.13. The second kappa shape index (κ2) is 3.23. The van der Waals surface area contributed by atoms with E-state index in [0.717, 1.165) is 11.4 Å². The van der Waals surface area contributed by atoms with Crippen LogP contribution in [-0.4, -0.2) is 16.7 Å². The smallest absolute Gasteiger partial charge is 0.269 e. The molecule has 0 saturated carbocycles. The van der Waals surface area contributed by atoms with E-state index in [1.54, 1.807) is 12.1 Å². The van der Waals surface area contributed by atoms with Crippen LogP contribution in [0, 0.1) is 5.82 Å². The fraction of sp³-hybridized carbons (Fsp3) is 0.182. The van der Waals surface area contributed by atoms with Crippen molar-refractivity contribution in [1.29, 1.82) is 0 Å². The van der Waals surface area contributed by atoms with Gasteiger partial charge in [-0.25, -0.2) is 4.39 Å². The zero-order valence-corrected chi connectivity index (χ0v) is 8.38. The van der Waals surface area contributed by atoms with Crippen LogP contribution in [0.2, 0.25) is 0 Å². The summed E-state index contributed by atoms with van der Waals surface area (Å²) >= 11 is 0. The molecule has 1 aliphatic rings. The minimum atomic E-state index is -0.266. The van der Waals surface area contributed by atoms with Crippen molar-refractivity contribution in [3.8, 4) is 0 Å². The number of benzene rings is 1. The predicted octanol–water partition coefficient (Wildman–Crippen LogP) is 1.40. The Morgan fingerprint density at radius 2 is 1.94 bits per heavy atom. The van der Waals surface area contributed by atoms with Crippen LogP contribution in [0.3, 0.4) is 0 Å². The number of aromatic amines is 2. The number of hydrogen-bond acceptors (Lipinski definition) is 2. The summed E-state index contributed by atoms with van der Waals surface area (Å²) in [7, 11) is 0. The molecule has 0 radical (unpaired) electrons. The van der Waals surface area contributed by atoms with E-state index in [-0.39, 0.29) is 17.3 Å². The van der Waals surface area contributed by atoms with Crippen molar-refractivity contribution in [1.82, 2.24) is 10.2 Å². The Labute approximate surface area is 90.5 Å². The monoisotopic (exact) mass is 219 g/mol. The Balaban J connectivity index is 2.07. The van der Waals surface area contributed by atoms with Gasteiger partial charge in [-0.05, 0) is 17.7 Å². The first-order chi connectivity index (χ1) is 7.75. The highest BCUT2D eigenvalue weighted by atomic mass is 19.1. The third-order valence-electron chi connectivity index (χ3n) is 2.92. The lowest BCUT2D eigenvalue weighted by Crippen LogP contribution is -2.13. The van der Waals surface area contributed by atoms with E-state index in [1.807, 2.05) is 0 Å². The van der Waals surface area contributed by atoms with Crippen LogP contribution in [-0.2, 0) is 0 Å². The fourth-order valence-electron chi connectivity index (χ4n) is 2.13. The summed E-state index contributed by atoms with van der Waals surface area (Å²) in [5, 5.41) is 8.41. The molecule has 16 heavy (non-hydrogen) atoms. The van der Waals surface area contributed by atoms with E-state index in [4.69, 9.17) is 0 Å². The maximum atomic E-state index is 12.8. The molecule has 5 heteroatoms. The quantitative estimate of drug-likeness (QED) is 0.679. The number of rotatable bonds is 1. The molecule has 0 bridgehead atoms. The normalized spacial score (nSPS) is 18.2. The SMILES string of the molecule is O=c1[nH][nH]c2c1C(c1ccc(F)cc1)CN2. The van der Waals surface area contributed by atoms with E-state index in [2.05, 4.69) is 15.5 Å². The van der Waals surface area contributed by atoms with Gasteiger partial charge in [-0.15, -0.1) is 0 Å². The molecule has 3 rings (SSSR count). The molecular formula is C11H10FN3O. The molecule has 0 amide bonds. The van der Waals surface area contributed by atoms with Crippen LogP contribution in [0.4, 0.5) is 10.2 Å². The van der Waals surface area contributed by atoms with Crippen LogP contribution in [0.15, 0.2) is 29.1 Å². The molecule has 82 valence electrons. The highest BCUT2D eigenvalue weighted by Crippen LogP contribution is 2.31. The molecule has 1 atom stereocenters. The Bertz CT molecular complexity index is 570. The first-order valence-corrected chi connectivity index (χ1v) is 5.05. The van der Waals surface area contributed by atoms with Crippen molar-refractivity contribution in [3.05, 3.63) is 51.6 Å². The van der Waals surface area contributed by atoms with Crippen LogP contribution >= 0.6 is 0 Å². The molecule has 1 unspecified atom stereocenters. The van der Waals surface area contributed by atoms with Gasteiger partial charge in [-0.1, -0.05) is 12.1 Å². The maximum Gasteiger partial charge on any atom is 0.269 e. The summed E-state index contributed by atoms with van der Waals surface area (Å²) in [6.07, 6.45) is 0. The first kappa shape index (κ1) is 9.21. The minimum absolute atomic E-state index is 0.00870. The zero-order chi connectivity index (χ0) is 11.1. The van der Waals surface area contributed by atoms with Crippen molar-refractivity contribution in [3.63, 3.8) is 0 Å². The highest BCUT2D eigenvalue weighted by molar-refractivity contribution is 5.54. The summed E-state index contributed by atoms with van der Waals surface area (Å²) in [4.78, 5) is 11.6. The first-order valence-electron chi connectivity index (χ1n) is 5.05. The molecule has 1 aliphatic heterocycles. The zero-order valence-electron chi connectivity index (χ0n) is 8.38. The Kier molecular flexibility index (Phi) is 1.86. The van der Waals surface area contributed by atoms with Gasteiger partial charge in [0, 0.05) is 12.5 Å². The van der Waals surface area contributed by atoms with Gasteiger partial charge in [0.25, 0.3) is 5.56 Å². The third-order valence-corrected chi connectivity index (χ3v) is 2.92. The van der Waals surface area contributed by atoms with Gasteiger partial charge in [0.2, 0.25) is 0 Å². The van der Waals surface area contributed by atoms with Crippen molar-refractivity contribution in [2.45, 2.75) is 5.92 Å². The number of fused-ring (bicyclic) bond motifs is 1. The molecule has 1 aromatic heterocycles. The summed E-state index contributed by atoms with van der Waals surface area (Å²) in [5.41, 5.74) is 1.53. The molecule has 1 aromatic carbocycles. The van der Waals surface area contributed by atoms with E-state index in [1.165, 1.54) is 12.1 Å². The molecule has 2 heterocycles. The van der Waals surface area contributed by atoms with Gasteiger partial charge in [0.1, 0.15) is 11.6 Å². The summed E-state index contributed by atoms with van der Waals surface area (Å²) in [5.74, 6) is 0.461. The molecule has 2 aromatic rings. The molecule has 0 spiro atoms. The van der Waals surface area contributed by atoms with E-state index in [9.17, 15) is 9.18 Å². The average molecular weight is 219 g/mol. The number of halogens is 1. The topological polar surface area (TPSA) is 60.7 Å². The largest absolute Gasteiger partial charge is 0.369 e. The van der Waals surface area contributed by atoms with Gasteiger partial charge < -0.3 is 5.32 Å². The molecule has 4 nitrogen and oxygen atoms in total. The van der Waals surface area contributed by atoms with Gasteiger partial charge in [-0.3, -0.25) is 15.0 Å².